The molecule has 13 nitrogen and oxygen atoms in total. The fourth-order valence-corrected chi connectivity index (χ4v) is 5.40. The van der Waals surface area contributed by atoms with Crippen LogP contribution in [-0.4, -0.2) is 117 Å². The number of carbonyl (C=O) groups excluding carboxylic acids is 3. The second kappa shape index (κ2) is 15.4. The Kier molecular flexibility index (Phi) is 11.4. The molecule has 2 aliphatic heterocycles. The molecule has 3 amide bonds. The number of likely N-dealkylation sites (tertiary alicyclic amines) is 1. The van der Waals surface area contributed by atoms with Crippen molar-refractivity contribution >= 4 is 23.9 Å². The molecule has 2 aliphatic rings. The molecule has 0 aliphatic carbocycles. The zero-order chi connectivity index (χ0) is 30.8. The summed E-state index contributed by atoms with van der Waals surface area (Å²) >= 11 is 0. The van der Waals surface area contributed by atoms with Crippen molar-refractivity contribution in [1.82, 2.24) is 30.0 Å². The number of piperidine rings is 1. The molecule has 232 valence electrons. The van der Waals surface area contributed by atoms with E-state index in [2.05, 4.69) is 15.2 Å². The molecule has 3 heterocycles. The van der Waals surface area contributed by atoms with Crippen molar-refractivity contribution < 1.29 is 34.1 Å². The van der Waals surface area contributed by atoms with E-state index in [0.717, 1.165) is 25.8 Å². The third kappa shape index (κ3) is 8.71. The molecule has 0 radical (unpaired) electrons. The number of aromatic nitrogens is 2. The summed E-state index contributed by atoms with van der Waals surface area (Å²) in [5, 5.41) is 21.9. The van der Waals surface area contributed by atoms with Crippen LogP contribution in [0.4, 0.5) is 4.79 Å². The van der Waals surface area contributed by atoms with Gasteiger partial charge in [0.05, 0.1) is 18.9 Å². The van der Waals surface area contributed by atoms with Gasteiger partial charge in [-0.25, -0.2) is 14.8 Å². The van der Waals surface area contributed by atoms with Gasteiger partial charge in [-0.05, 0) is 38.8 Å². The molecule has 1 aromatic carbocycles. The van der Waals surface area contributed by atoms with Crippen LogP contribution in [0.25, 0.3) is 11.4 Å². The second-order valence-electron chi connectivity index (χ2n) is 10.7. The molecule has 43 heavy (non-hydrogen) atoms. The Morgan fingerprint density at radius 1 is 1.02 bits per heavy atom. The van der Waals surface area contributed by atoms with E-state index >= 15 is 0 Å². The number of amides is 3. The first-order chi connectivity index (χ1) is 20.8. The van der Waals surface area contributed by atoms with Crippen molar-refractivity contribution in [2.24, 2.45) is 0 Å². The van der Waals surface area contributed by atoms with Crippen molar-refractivity contribution in [3.63, 3.8) is 0 Å². The normalized spacial score (nSPS) is 18.1. The molecule has 4 rings (SSSR count). The average molecular weight is 597 g/mol. The number of rotatable bonds is 11. The Bertz CT molecular complexity index is 1270. The summed E-state index contributed by atoms with van der Waals surface area (Å²) < 4.78 is 5.04. The molecule has 2 saturated heterocycles. The lowest BCUT2D eigenvalue weighted by Crippen LogP contribution is -2.56. The number of ether oxygens (including phenoxy) is 1. The quantitative estimate of drug-likeness (QED) is 0.348. The van der Waals surface area contributed by atoms with Crippen molar-refractivity contribution in [2.45, 2.75) is 57.7 Å². The van der Waals surface area contributed by atoms with Gasteiger partial charge in [-0.2, -0.15) is 0 Å². The van der Waals surface area contributed by atoms with E-state index in [1.54, 1.807) is 13.0 Å². The molecule has 0 bridgehead atoms. The van der Waals surface area contributed by atoms with Gasteiger partial charge in [-0.1, -0.05) is 36.8 Å². The van der Waals surface area contributed by atoms with E-state index in [-0.39, 0.29) is 64.0 Å². The Morgan fingerprint density at radius 3 is 2.42 bits per heavy atom. The summed E-state index contributed by atoms with van der Waals surface area (Å²) in [6.45, 7) is 4.21. The first-order valence-electron chi connectivity index (χ1n) is 14.8. The third-order valence-corrected chi connectivity index (χ3v) is 7.74. The fourth-order valence-electron chi connectivity index (χ4n) is 5.40. The molecule has 2 atom stereocenters. The van der Waals surface area contributed by atoms with Crippen LogP contribution in [0.5, 0.6) is 0 Å². The highest BCUT2D eigenvalue weighted by atomic mass is 16.6. The van der Waals surface area contributed by atoms with Gasteiger partial charge in [0.25, 0.3) is 5.91 Å². The number of nitrogens with zero attached hydrogens (tertiary/aromatic N) is 5. The number of carboxylic acid groups (broad SMARTS) is 1. The van der Waals surface area contributed by atoms with Gasteiger partial charge in [-0.15, -0.1) is 0 Å². The highest BCUT2D eigenvalue weighted by Crippen LogP contribution is 2.21. The summed E-state index contributed by atoms with van der Waals surface area (Å²) in [7, 11) is 0. The summed E-state index contributed by atoms with van der Waals surface area (Å²) in [5.41, 5.74) is 1.37. The number of carbonyl (C=O) groups is 4. The maximum atomic E-state index is 13.6. The van der Waals surface area contributed by atoms with Crippen LogP contribution in [0.1, 0.15) is 55.2 Å². The number of aliphatic carboxylic acids is 1. The molecular formula is C30H40N6O7. The van der Waals surface area contributed by atoms with Gasteiger partial charge in [0, 0.05) is 50.7 Å². The highest BCUT2D eigenvalue weighted by molar-refractivity contribution is 5.96. The lowest BCUT2D eigenvalue weighted by atomic mass is 10.0. The fraction of sp³-hybridized carbons (Fsp3) is 0.533. The summed E-state index contributed by atoms with van der Waals surface area (Å²) in [4.78, 5) is 65.0. The minimum absolute atomic E-state index is 0.00323. The van der Waals surface area contributed by atoms with Crippen molar-refractivity contribution in [1.29, 1.82) is 0 Å². The topological polar surface area (TPSA) is 166 Å². The van der Waals surface area contributed by atoms with Crippen LogP contribution in [0.3, 0.4) is 0 Å². The maximum absolute atomic E-state index is 13.6. The van der Waals surface area contributed by atoms with Crippen LogP contribution >= 0.6 is 0 Å². The molecule has 1 aromatic heterocycles. The number of carboxylic acids is 1. The van der Waals surface area contributed by atoms with Crippen LogP contribution < -0.4 is 5.32 Å². The monoisotopic (exact) mass is 596 g/mol. The van der Waals surface area contributed by atoms with Crippen LogP contribution in [0, 0.1) is 0 Å². The second-order valence-corrected chi connectivity index (χ2v) is 10.7. The smallest absolute Gasteiger partial charge is 0.409 e. The summed E-state index contributed by atoms with van der Waals surface area (Å²) in [6, 6.07) is 9.73. The molecule has 0 spiro atoms. The Morgan fingerprint density at radius 2 is 1.74 bits per heavy atom. The Hall–Kier alpha value is -4.10. The molecular weight excluding hydrogens is 556 g/mol. The first-order valence-corrected chi connectivity index (χ1v) is 14.8. The number of aliphatic hydroxyl groups excluding tert-OH is 1. The lowest BCUT2D eigenvalue weighted by Gasteiger charge is -2.36. The lowest BCUT2D eigenvalue weighted by molar-refractivity contribution is -0.138. The Balaban J connectivity index is 1.55. The largest absolute Gasteiger partial charge is 0.481 e. The zero-order valence-electron chi connectivity index (χ0n) is 24.5. The number of nitrogens with one attached hydrogen (secondary N) is 1. The highest BCUT2D eigenvalue weighted by Gasteiger charge is 2.31. The van der Waals surface area contributed by atoms with Crippen LogP contribution in [0.2, 0.25) is 0 Å². The van der Waals surface area contributed by atoms with E-state index in [4.69, 9.17) is 9.72 Å². The number of hydrogen-bond acceptors (Lipinski definition) is 9. The van der Waals surface area contributed by atoms with E-state index in [1.807, 2.05) is 30.3 Å². The zero-order valence-corrected chi connectivity index (χ0v) is 24.5. The van der Waals surface area contributed by atoms with E-state index < -0.39 is 29.9 Å². The SMILES string of the molecule is CCOC(=O)N1CCN(C(=O)C(CCC(=O)O)NC(=O)c2cc(CN3CCCCC3CO)nc(-c3ccccc3)n2)CC1. The number of aliphatic hydroxyl groups is 1. The molecule has 2 fully saturated rings. The molecule has 0 saturated carbocycles. The van der Waals surface area contributed by atoms with Gasteiger partial charge in [-0.3, -0.25) is 19.3 Å². The molecule has 2 aromatic rings. The van der Waals surface area contributed by atoms with E-state index in [0.29, 0.717) is 23.6 Å². The van der Waals surface area contributed by atoms with Gasteiger partial charge in [0.2, 0.25) is 5.91 Å². The maximum Gasteiger partial charge on any atom is 0.409 e. The van der Waals surface area contributed by atoms with Crippen molar-refractivity contribution in [2.75, 3.05) is 45.9 Å². The number of hydrogen-bond donors (Lipinski definition) is 3. The molecule has 2 unspecified atom stereocenters. The van der Waals surface area contributed by atoms with Gasteiger partial charge >= 0.3 is 12.1 Å². The Labute approximate surface area is 250 Å². The number of benzene rings is 1. The van der Waals surface area contributed by atoms with E-state index in [9.17, 15) is 29.4 Å². The molecule has 3 N–H and O–H groups in total. The van der Waals surface area contributed by atoms with Crippen molar-refractivity contribution in [3.8, 4) is 11.4 Å². The summed E-state index contributed by atoms with van der Waals surface area (Å²) in [6.07, 6.45) is 2.05. The standard InChI is InChI=1S/C30H40N6O7/c1-2-43-30(42)35-16-14-34(15-17-35)29(41)24(11-12-26(38)39)33-28(40)25-18-22(19-36-13-7-6-10-23(36)20-37)31-27(32-25)21-8-4-3-5-9-21/h3-5,8-9,18,23-24,37H,2,6-7,10-17,19-20H2,1H3,(H,33,40)(H,38,39). The predicted octanol–water partition coefficient (Wildman–Crippen LogP) is 1.75. The predicted molar refractivity (Wildman–Crippen MR) is 156 cm³/mol. The van der Waals surface area contributed by atoms with Crippen molar-refractivity contribution in [3.05, 3.63) is 47.8 Å². The minimum atomic E-state index is -1.10. The van der Waals surface area contributed by atoms with Gasteiger partial charge in [0.15, 0.2) is 5.82 Å². The number of piperazine rings is 1. The average Bonchev–Trinajstić information content (AvgIpc) is 3.03. The van der Waals surface area contributed by atoms with E-state index in [1.165, 1.54) is 9.80 Å². The van der Waals surface area contributed by atoms with Crippen LogP contribution in [0.15, 0.2) is 36.4 Å². The summed E-state index contributed by atoms with van der Waals surface area (Å²) in [5.74, 6) is -1.78. The van der Waals surface area contributed by atoms with Crippen LogP contribution in [-0.2, 0) is 20.9 Å². The minimum Gasteiger partial charge on any atom is -0.481 e. The first kappa shape index (κ1) is 31.8. The third-order valence-electron chi connectivity index (χ3n) is 7.74. The van der Waals surface area contributed by atoms with Gasteiger partial charge in [0.1, 0.15) is 11.7 Å². The van der Waals surface area contributed by atoms with Gasteiger partial charge < -0.3 is 30.1 Å². The molecule has 13 heteroatoms.